The van der Waals surface area contributed by atoms with Crippen molar-refractivity contribution < 1.29 is 0 Å². The molecule has 0 aliphatic heterocycles. The van der Waals surface area contributed by atoms with E-state index in [1.165, 1.54) is 22.3 Å². The van der Waals surface area contributed by atoms with Crippen LogP contribution < -0.4 is 4.90 Å². The van der Waals surface area contributed by atoms with Crippen LogP contribution in [0.15, 0.2) is 54.4 Å². The van der Waals surface area contributed by atoms with Crippen LogP contribution >= 0.6 is 0 Å². The number of hydrogen-bond donors (Lipinski definition) is 0. The lowest BCUT2D eigenvalue weighted by atomic mass is 10.0. The lowest BCUT2D eigenvalue weighted by Crippen LogP contribution is -2.36. The zero-order valence-electron chi connectivity index (χ0n) is 17.0. The first-order valence-corrected chi connectivity index (χ1v) is 9.26. The van der Waals surface area contributed by atoms with Crippen LogP contribution in [0.25, 0.3) is 0 Å². The Hall–Kier alpha value is -2.42. The highest BCUT2D eigenvalue weighted by atomic mass is 15.3. The van der Waals surface area contributed by atoms with Crippen molar-refractivity contribution in [3.05, 3.63) is 76.6 Å². The van der Waals surface area contributed by atoms with Crippen molar-refractivity contribution in [2.75, 3.05) is 4.90 Å². The molecule has 0 aliphatic rings. The lowest BCUT2D eigenvalue weighted by molar-refractivity contribution is 0.618. The van der Waals surface area contributed by atoms with E-state index < -0.39 is 0 Å². The van der Waals surface area contributed by atoms with E-state index in [4.69, 9.17) is 0 Å². The summed E-state index contributed by atoms with van der Waals surface area (Å²) >= 11 is 0. The summed E-state index contributed by atoms with van der Waals surface area (Å²) in [6, 6.07) is 6.94. The van der Waals surface area contributed by atoms with Gasteiger partial charge in [-0.05, 0) is 52.2 Å². The fourth-order valence-corrected chi connectivity index (χ4v) is 3.48. The van der Waals surface area contributed by atoms with Gasteiger partial charge in [-0.3, -0.25) is 0 Å². The molecule has 1 aromatic heterocycles. The Bertz CT molecular complexity index is 767. The van der Waals surface area contributed by atoms with E-state index in [1.807, 2.05) is 26.2 Å². The minimum atomic E-state index is 0.232. The number of hydrogen-bond acceptors (Lipinski definition) is 3. The molecule has 1 aromatic carbocycles. The molecule has 0 amide bonds. The molecule has 2 aromatic rings. The van der Waals surface area contributed by atoms with Gasteiger partial charge >= 0.3 is 0 Å². The Morgan fingerprint density at radius 3 is 2.12 bits per heavy atom. The molecule has 138 valence electrons. The monoisotopic (exact) mass is 349 g/mol. The van der Waals surface area contributed by atoms with Crippen molar-refractivity contribution in [1.29, 1.82) is 0 Å². The van der Waals surface area contributed by atoms with Gasteiger partial charge in [0, 0.05) is 18.9 Å². The van der Waals surface area contributed by atoms with Crippen molar-refractivity contribution in [2.45, 2.75) is 60.5 Å². The minimum Gasteiger partial charge on any atom is -0.330 e. The summed E-state index contributed by atoms with van der Waals surface area (Å²) in [5.41, 5.74) is 7.28. The molecule has 0 N–H and O–H groups in total. The molecule has 0 spiro atoms. The maximum atomic E-state index is 4.62. The van der Waals surface area contributed by atoms with E-state index in [0.717, 1.165) is 30.1 Å². The van der Waals surface area contributed by atoms with Gasteiger partial charge in [0.05, 0.1) is 6.04 Å². The summed E-state index contributed by atoms with van der Waals surface area (Å²) < 4.78 is 0. The molecular weight excluding hydrogens is 318 g/mol. The van der Waals surface area contributed by atoms with Gasteiger partial charge in [0.1, 0.15) is 0 Å². The first-order valence-electron chi connectivity index (χ1n) is 9.26. The first kappa shape index (κ1) is 19.9. The minimum absolute atomic E-state index is 0.232. The molecule has 3 heteroatoms. The molecule has 2 rings (SSSR count). The fraction of sp³-hybridized carbons (Fsp3) is 0.391. The van der Waals surface area contributed by atoms with Crippen molar-refractivity contribution in [2.24, 2.45) is 0 Å². The number of anilines is 1. The number of aryl methyl sites for hydroxylation is 3. The van der Waals surface area contributed by atoms with Crippen molar-refractivity contribution in [3.63, 3.8) is 0 Å². The molecule has 0 saturated carbocycles. The highest BCUT2D eigenvalue weighted by molar-refractivity contribution is 5.40. The Kier molecular flexibility index (Phi) is 6.73. The molecule has 0 unspecified atom stereocenters. The number of allylic oxidation sites excluding steroid dienone is 2. The van der Waals surface area contributed by atoms with Gasteiger partial charge in [0.25, 0.3) is 0 Å². The van der Waals surface area contributed by atoms with Crippen LogP contribution in [-0.4, -0.2) is 16.0 Å². The second-order valence-corrected chi connectivity index (χ2v) is 7.34. The third-order valence-electron chi connectivity index (χ3n) is 4.42. The van der Waals surface area contributed by atoms with E-state index in [0.29, 0.717) is 0 Å². The molecule has 1 atom stereocenters. The number of aromatic nitrogens is 2. The molecule has 0 radical (unpaired) electrons. The van der Waals surface area contributed by atoms with Crippen LogP contribution in [0.2, 0.25) is 0 Å². The molecule has 0 saturated heterocycles. The van der Waals surface area contributed by atoms with E-state index in [-0.39, 0.29) is 6.04 Å². The summed E-state index contributed by atoms with van der Waals surface area (Å²) in [4.78, 5) is 11.5. The zero-order chi connectivity index (χ0) is 19.3. The van der Waals surface area contributed by atoms with Crippen molar-refractivity contribution in [1.82, 2.24) is 9.97 Å². The molecule has 1 heterocycles. The predicted molar refractivity (Wildman–Crippen MR) is 112 cm³/mol. The number of benzene rings is 1. The van der Waals surface area contributed by atoms with Gasteiger partial charge in [-0.25, -0.2) is 9.97 Å². The SMILES string of the molecule is C=C(C)/C=C(\C)[C@H](CC)N(Cc1cc(C)cc(C)c1)c1ncc(C)cn1. The van der Waals surface area contributed by atoms with Crippen LogP contribution in [0.1, 0.15) is 49.4 Å². The van der Waals surface area contributed by atoms with Crippen LogP contribution in [0.5, 0.6) is 0 Å². The maximum absolute atomic E-state index is 4.62. The summed E-state index contributed by atoms with van der Waals surface area (Å²) in [7, 11) is 0. The molecule has 0 aliphatic carbocycles. The summed E-state index contributed by atoms with van der Waals surface area (Å²) in [6.45, 7) is 17.5. The number of nitrogens with zero attached hydrogens (tertiary/aromatic N) is 3. The van der Waals surface area contributed by atoms with Crippen LogP contribution in [-0.2, 0) is 6.54 Å². The smallest absolute Gasteiger partial charge is 0.226 e. The van der Waals surface area contributed by atoms with Gasteiger partial charge in [0.15, 0.2) is 0 Å². The topological polar surface area (TPSA) is 29.0 Å². The van der Waals surface area contributed by atoms with E-state index in [2.05, 4.69) is 73.4 Å². The molecule has 3 nitrogen and oxygen atoms in total. The highest BCUT2D eigenvalue weighted by Crippen LogP contribution is 2.24. The van der Waals surface area contributed by atoms with E-state index >= 15 is 0 Å². The Morgan fingerprint density at radius 1 is 1.04 bits per heavy atom. The Labute approximate surface area is 158 Å². The van der Waals surface area contributed by atoms with Gasteiger partial charge in [0.2, 0.25) is 5.95 Å². The second kappa shape index (κ2) is 8.79. The van der Waals surface area contributed by atoms with Gasteiger partial charge < -0.3 is 4.90 Å². The van der Waals surface area contributed by atoms with Crippen molar-refractivity contribution in [3.8, 4) is 0 Å². The maximum Gasteiger partial charge on any atom is 0.226 e. The third-order valence-corrected chi connectivity index (χ3v) is 4.42. The van der Waals surface area contributed by atoms with E-state index in [1.54, 1.807) is 0 Å². The lowest BCUT2D eigenvalue weighted by Gasteiger charge is -2.32. The quantitative estimate of drug-likeness (QED) is 0.600. The molecule has 0 fully saturated rings. The second-order valence-electron chi connectivity index (χ2n) is 7.34. The average Bonchev–Trinajstić information content (AvgIpc) is 2.53. The number of rotatable bonds is 7. The van der Waals surface area contributed by atoms with Gasteiger partial charge in [-0.2, -0.15) is 0 Å². The highest BCUT2D eigenvalue weighted by Gasteiger charge is 2.22. The molecule has 0 bridgehead atoms. The van der Waals surface area contributed by atoms with Crippen LogP contribution in [0.4, 0.5) is 5.95 Å². The predicted octanol–water partition coefficient (Wildman–Crippen LogP) is 5.71. The average molecular weight is 350 g/mol. The van der Waals surface area contributed by atoms with E-state index in [9.17, 15) is 0 Å². The summed E-state index contributed by atoms with van der Waals surface area (Å²) in [6.07, 6.45) is 6.93. The first-order chi connectivity index (χ1) is 12.3. The third kappa shape index (κ3) is 5.29. The van der Waals surface area contributed by atoms with Crippen molar-refractivity contribution >= 4 is 5.95 Å². The fourth-order valence-electron chi connectivity index (χ4n) is 3.48. The van der Waals surface area contributed by atoms with Gasteiger partial charge in [-0.15, -0.1) is 0 Å². The van der Waals surface area contributed by atoms with Crippen LogP contribution in [0, 0.1) is 20.8 Å². The largest absolute Gasteiger partial charge is 0.330 e. The Morgan fingerprint density at radius 2 is 1.62 bits per heavy atom. The van der Waals surface area contributed by atoms with Gasteiger partial charge in [-0.1, -0.05) is 60.1 Å². The standard InChI is InChI=1S/C23H31N3/c1-8-22(20(7)9-16(2)3)26(23-24-13-19(6)14-25-23)15-21-11-17(4)10-18(5)12-21/h9-14,22H,2,8,15H2,1,3-7H3/b20-9+/t22-/m0/s1. The molecular formula is C23H31N3. The normalized spacial score (nSPS) is 12.8. The summed E-state index contributed by atoms with van der Waals surface area (Å²) in [5.74, 6) is 0.774. The van der Waals surface area contributed by atoms with Crippen LogP contribution in [0.3, 0.4) is 0 Å². The summed E-state index contributed by atoms with van der Waals surface area (Å²) in [5, 5.41) is 0. The zero-order valence-corrected chi connectivity index (χ0v) is 17.0. The Balaban J connectivity index is 2.46. The molecule has 26 heavy (non-hydrogen) atoms.